The molecule has 3 heterocycles. The Hall–Kier alpha value is -4.51. The molecule has 1 aromatic heterocycles. The summed E-state index contributed by atoms with van der Waals surface area (Å²) in [5, 5.41) is 4.30. The molecule has 0 amide bonds. The molecule has 2 aromatic carbocycles. The van der Waals surface area contributed by atoms with Crippen LogP contribution in [0, 0.1) is 46.7 Å². The molecule has 5 rings (SSSR count). The Morgan fingerprint density at radius 1 is 0.897 bits per heavy atom. The average molecular weight is 543 g/mol. The van der Waals surface area contributed by atoms with E-state index in [4.69, 9.17) is 10.3 Å². The minimum atomic E-state index is -1.19. The molecule has 1 unspecified atom stereocenters. The topological polar surface area (TPSA) is 79.5 Å². The summed E-state index contributed by atoms with van der Waals surface area (Å²) < 4.78 is 88.7. The molecule has 0 saturated heterocycles. The standard InChI is InChI=1S/C26H17F6N6O/c27-15-7-20(29)18(21(30)8-15)12-37(13-19-22(31)9-16(28)10-23(19)32)5-1-3-17-14-38(33)25(11-34-17)35-26(36-38)24-4-2-6-39-24/h2,4,6-11,14H,5,12-13,33H2/q+1. The fourth-order valence-corrected chi connectivity index (χ4v) is 3.86. The highest BCUT2D eigenvalue weighted by Gasteiger charge is 2.39. The maximum absolute atomic E-state index is 14.3. The lowest BCUT2D eigenvalue weighted by Crippen LogP contribution is -2.50. The molecule has 198 valence electrons. The van der Waals surface area contributed by atoms with E-state index in [1.54, 1.807) is 12.1 Å². The Morgan fingerprint density at radius 2 is 1.49 bits per heavy atom. The maximum Gasteiger partial charge on any atom is 0.300 e. The second-order valence-corrected chi connectivity index (χ2v) is 8.52. The van der Waals surface area contributed by atoms with Gasteiger partial charge in [0.2, 0.25) is 0 Å². The maximum atomic E-state index is 14.3. The summed E-state index contributed by atoms with van der Waals surface area (Å²) in [5.41, 5.74) is -0.917. The SMILES string of the molecule is N[N+]12C=C(C#CCN(Cc3c(F)cc(F)cc3F)Cc3c(F)cc(F)cc3F)N=CC1=NC(c1ccco1)=N2. The number of aliphatic imine (C=N–C) groups is 2. The van der Waals surface area contributed by atoms with E-state index >= 15 is 0 Å². The highest BCUT2D eigenvalue weighted by molar-refractivity contribution is 6.31. The lowest BCUT2D eigenvalue weighted by Gasteiger charge is -2.21. The molecule has 39 heavy (non-hydrogen) atoms. The molecule has 2 aliphatic heterocycles. The summed E-state index contributed by atoms with van der Waals surface area (Å²) in [5.74, 6) is 5.64. The van der Waals surface area contributed by atoms with Gasteiger partial charge >= 0.3 is 0 Å². The first-order valence-corrected chi connectivity index (χ1v) is 11.3. The van der Waals surface area contributed by atoms with E-state index in [9.17, 15) is 26.3 Å². The van der Waals surface area contributed by atoms with Crippen molar-refractivity contribution in [3.8, 4) is 11.8 Å². The number of furan rings is 1. The Kier molecular flexibility index (Phi) is 6.92. The number of nitrogens with zero attached hydrogens (tertiary/aromatic N) is 5. The van der Waals surface area contributed by atoms with Crippen molar-refractivity contribution in [2.45, 2.75) is 13.1 Å². The molecule has 0 spiro atoms. The second kappa shape index (κ2) is 10.3. The number of hydrogen-bond donors (Lipinski definition) is 1. The van der Waals surface area contributed by atoms with Crippen molar-refractivity contribution < 1.29 is 35.5 Å². The van der Waals surface area contributed by atoms with Crippen molar-refractivity contribution in [1.82, 2.24) is 4.90 Å². The van der Waals surface area contributed by atoms with Crippen LogP contribution in [0.1, 0.15) is 16.9 Å². The minimum Gasteiger partial charge on any atom is -0.461 e. The van der Waals surface area contributed by atoms with Gasteiger partial charge in [-0.1, -0.05) is 5.92 Å². The first-order chi connectivity index (χ1) is 18.6. The van der Waals surface area contributed by atoms with Crippen molar-refractivity contribution in [2.75, 3.05) is 6.54 Å². The van der Waals surface area contributed by atoms with E-state index in [1.807, 2.05) is 0 Å². The molecule has 2 N–H and O–H groups in total. The van der Waals surface area contributed by atoms with Crippen LogP contribution in [0.4, 0.5) is 26.3 Å². The zero-order chi connectivity index (χ0) is 27.7. The first-order valence-electron chi connectivity index (χ1n) is 11.3. The molecule has 13 heteroatoms. The van der Waals surface area contributed by atoms with Crippen molar-refractivity contribution in [3.63, 3.8) is 0 Å². The van der Waals surface area contributed by atoms with E-state index in [0.717, 1.165) is 0 Å². The van der Waals surface area contributed by atoms with Gasteiger partial charge in [0, 0.05) is 48.5 Å². The Bertz CT molecular complexity index is 1530. The highest BCUT2D eigenvalue weighted by atomic mass is 19.2. The summed E-state index contributed by atoms with van der Waals surface area (Å²) >= 11 is 0. The quantitative estimate of drug-likeness (QED) is 0.215. The molecular formula is C26H17F6N6O+. The fourth-order valence-electron chi connectivity index (χ4n) is 3.86. The first kappa shape index (κ1) is 26.1. The molecule has 0 saturated carbocycles. The third-order valence-electron chi connectivity index (χ3n) is 5.72. The van der Waals surface area contributed by atoms with Crippen molar-refractivity contribution in [2.24, 2.45) is 20.9 Å². The van der Waals surface area contributed by atoms with Gasteiger partial charge in [-0.2, -0.15) is 4.99 Å². The summed E-state index contributed by atoms with van der Waals surface area (Å²) in [4.78, 5) is 9.64. The minimum absolute atomic E-state index is 0.166. The van der Waals surface area contributed by atoms with Crippen LogP contribution in [0.15, 0.2) is 74.1 Å². The highest BCUT2D eigenvalue weighted by Crippen LogP contribution is 2.23. The predicted molar refractivity (Wildman–Crippen MR) is 128 cm³/mol. The van der Waals surface area contributed by atoms with E-state index in [-0.39, 0.29) is 23.9 Å². The molecule has 0 fully saturated rings. The van der Waals surface area contributed by atoms with Gasteiger partial charge in [-0.25, -0.2) is 31.3 Å². The van der Waals surface area contributed by atoms with E-state index in [1.165, 1.54) is 23.6 Å². The van der Waals surface area contributed by atoms with Crippen molar-refractivity contribution >= 4 is 17.9 Å². The molecule has 0 aliphatic carbocycles. The Labute approximate surface area is 217 Å². The number of amidine groups is 2. The van der Waals surface area contributed by atoms with Crippen LogP contribution >= 0.6 is 0 Å². The van der Waals surface area contributed by atoms with Crippen LogP contribution in [0.25, 0.3) is 0 Å². The number of benzene rings is 2. The van der Waals surface area contributed by atoms with Gasteiger partial charge < -0.3 is 4.42 Å². The Balaban J connectivity index is 1.40. The van der Waals surface area contributed by atoms with Crippen LogP contribution in [0.2, 0.25) is 0 Å². The fraction of sp³-hybridized carbons (Fsp3) is 0.115. The van der Waals surface area contributed by atoms with Gasteiger partial charge in [0.25, 0.3) is 11.7 Å². The number of hydrogen-bond acceptors (Lipinski definition) is 6. The van der Waals surface area contributed by atoms with Gasteiger partial charge in [0.15, 0.2) is 17.7 Å². The second-order valence-electron chi connectivity index (χ2n) is 8.52. The summed E-state index contributed by atoms with van der Waals surface area (Å²) in [6.45, 7) is -1.34. The molecule has 2 aliphatic rings. The largest absolute Gasteiger partial charge is 0.461 e. The van der Waals surface area contributed by atoms with Crippen LogP contribution in [0.5, 0.6) is 0 Å². The molecule has 0 radical (unpaired) electrons. The van der Waals surface area contributed by atoms with Gasteiger partial charge in [-0.3, -0.25) is 4.90 Å². The van der Waals surface area contributed by atoms with Crippen molar-refractivity contribution in [1.29, 1.82) is 0 Å². The average Bonchev–Trinajstić information content (AvgIpc) is 3.50. The normalized spacial score (nSPS) is 17.9. The van der Waals surface area contributed by atoms with Gasteiger partial charge in [0.1, 0.15) is 41.1 Å². The smallest absolute Gasteiger partial charge is 0.300 e. The molecule has 7 nitrogen and oxygen atoms in total. The third-order valence-corrected chi connectivity index (χ3v) is 5.72. The number of rotatable bonds is 6. The summed E-state index contributed by atoms with van der Waals surface area (Å²) in [7, 11) is 0. The molecule has 1 atom stereocenters. The molecular weight excluding hydrogens is 526 g/mol. The van der Waals surface area contributed by atoms with E-state index in [2.05, 4.69) is 26.9 Å². The summed E-state index contributed by atoms with van der Waals surface area (Å²) in [6.07, 6.45) is 4.20. The number of fused-ring (bicyclic) bond motifs is 1. The number of quaternary nitrogens is 1. The zero-order valence-corrected chi connectivity index (χ0v) is 19.8. The zero-order valence-electron chi connectivity index (χ0n) is 19.8. The number of nitrogens with two attached hydrogens (primary N) is 1. The lowest BCUT2D eigenvalue weighted by molar-refractivity contribution is -0.803. The van der Waals surface area contributed by atoms with Crippen LogP contribution in [-0.2, 0) is 13.1 Å². The van der Waals surface area contributed by atoms with Crippen LogP contribution in [-0.4, -0.2) is 34.0 Å². The predicted octanol–water partition coefficient (Wildman–Crippen LogP) is 4.51. The Morgan fingerprint density at radius 3 is 2.03 bits per heavy atom. The van der Waals surface area contributed by atoms with E-state index < -0.39 is 63.8 Å². The monoisotopic (exact) mass is 543 g/mol. The van der Waals surface area contributed by atoms with Crippen LogP contribution in [0.3, 0.4) is 0 Å². The van der Waals surface area contributed by atoms with Crippen LogP contribution < -0.4 is 5.84 Å². The van der Waals surface area contributed by atoms with Gasteiger partial charge in [-0.15, -0.1) is 5.84 Å². The van der Waals surface area contributed by atoms with Crippen molar-refractivity contribution in [3.05, 3.63) is 106 Å². The molecule has 3 aromatic rings. The number of halogens is 6. The van der Waals surface area contributed by atoms with Gasteiger partial charge in [0.05, 0.1) is 12.8 Å². The lowest BCUT2D eigenvalue weighted by atomic mass is 10.1. The third kappa shape index (κ3) is 5.53. The number of allylic oxidation sites excluding steroid dienone is 1. The molecule has 0 bridgehead atoms. The van der Waals surface area contributed by atoms with E-state index in [0.29, 0.717) is 30.0 Å². The van der Waals surface area contributed by atoms with Gasteiger partial charge in [-0.05, 0) is 27.9 Å². The summed E-state index contributed by atoms with van der Waals surface area (Å²) in [6, 6.07) is 5.26.